The van der Waals surface area contributed by atoms with Gasteiger partial charge in [0.05, 0.1) is 6.20 Å². The van der Waals surface area contributed by atoms with Crippen LogP contribution in [0, 0.1) is 0 Å². The highest BCUT2D eigenvalue weighted by Gasteiger charge is 2.19. The first-order chi connectivity index (χ1) is 6.77. The number of carboxylic acid groups (broad SMARTS) is 1. The van der Waals surface area contributed by atoms with Crippen LogP contribution < -0.4 is 5.32 Å². The van der Waals surface area contributed by atoms with Gasteiger partial charge in [-0.2, -0.15) is 0 Å². The Balaban J connectivity index is 1.94. The second kappa shape index (κ2) is 3.79. The maximum absolute atomic E-state index is 10.6. The standard InChI is InChI=1S/C9H12N2O3/c12-9(13)8-6(5-11-14-8)4-10-7-2-1-3-7/h5,7,10H,1-4H2,(H,12,13). The van der Waals surface area contributed by atoms with Crippen molar-refractivity contribution < 1.29 is 14.4 Å². The predicted octanol–water partition coefficient (Wildman–Crippen LogP) is 1.01. The summed E-state index contributed by atoms with van der Waals surface area (Å²) in [4.78, 5) is 10.6. The lowest BCUT2D eigenvalue weighted by atomic mass is 9.93. The van der Waals surface area contributed by atoms with Crippen molar-refractivity contribution >= 4 is 5.97 Å². The summed E-state index contributed by atoms with van der Waals surface area (Å²) in [6, 6.07) is 0.534. The zero-order chi connectivity index (χ0) is 9.97. The summed E-state index contributed by atoms with van der Waals surface area (Å²) in [5.41, 5.74) is 0.615. The molecule has 2 rings (SSSR count). The molecule has 1 heterocycles. The molecule has 0 bridgehead atoms. The maximum atomic E-state index is 10.6. The maximum Gasteiger partial charge on any atom is 0.375 e. The summed E-state index contributed by atoms with van der Waals surface area (Å²) in [6.07, 6.45) is 5.06. The highest BCUT2D eigenvalue weighted by atomic mass is 16.5. The Labute approximate surface area is 81.1 Å². The lowest BCUT2D eigenvalue weighted by molar-refractivity contribution is 0.0650. The molecular weight excluding hydrogens is 184 g/mol. The Morgan fingerprint density at radius 3 is 3.07 bits per heavy atom. The Bertz CT molecular complexity index is 331. The van der Waals surface area contributed by atoms with Crippen LogP contribution in [0.25, 0.3) is 0 Å². The zero-order valence-electron chi connectivity index (χ0n) is 7.69. The van der Waals surface area contributed by atoms with Crippen LogP contribution in [0.4, 0.5) is 0 Å². The van der Waals surface area contributed by atoms with Crippen LogP contribution in [-0.4, -0.2) is 22.3 Å². The third-order valence-electron chi connectivity index (χ3n) is 2.52. The lowest BCUT2D eigenvalue weighted by Gasteiger charge is -2.26. The number of nitrogens with one attached hydrogen (secondary N) is 1. The second-order valence-electron chi connectivity index (χ2n) is 3.49. The molecule has 0 amide bonds. The van der Waals surface area contributed by atoms with E-state index in [0.29, 0.717) is 18.2 Å². The molecule has 0 aromatic carbocycles. The van der Waals surface area contributed by atoms with Crippen molar-refractivity contribution in [3.63, 3.8) is 0 Å². The molecule has 1 saturated carbocycles. The van der Waals surface area contributed by atoms with E-state index in [1.807, 2.05) is 0 Å². The van der Waals surface area contributed by atoms with Crippen LogP contribution in [0.1, 0.15) is 35.4 Å². The van der Waals surface area contributed by atoms with E-state index in [1.165, 1.54) is 25.5 Å². The van der Waals surface area contributed by atoms with Crippen LogP contribution in [0.2, 0.25) is 0 Å². The van der Waals surface area contributed by atoms with Crippen LogP contribution in [0.15, 0.2) is 10.7 Å². The molecule has 1 aliphatic rings. The van der Waals surface area contributed by atoms with Crippen molar-refractivity contribution in [2.75, 3.05) is 0 Å². The van der Waals surface area contributed by atoms with Crippen molar-refractivity contribution in [1.29, 1.82) is 0 Å². The van der Waals surface area contributed by atoms with Crippen LogP contribution >= 0.6 is 0 Å². The molecule has 1 aromatic rings. The van der Waals surface area contributed by atoms with Gasteiger partial charge in [0.25, 0.3) is 0 Å². The largest absolute Gasteiger partial charge is 0.475 e. The van der Waals surface area contributed by atoms with Crippen LogP contribution in [0.3, 0.4) is 0 Å². The zero-order valence-corrected chi connectivity index (χ0v) is 7.69. The number of carboxylic acids is 1. The first-order valence-corrected chi connectivity index (χ1v) is 4.67. The smallest absolute Gasteiger partial charge is 0.375 e. The summed E-state index contributed by atoms with van der Waals surface area (Å²) in [5, 5.41) is 15.5. The van der Waals surface area contributed by atoms with Crippen molar-refractivity contribution in [3.8, 4) is 0 Å². The van der Waals surface area contributed by atoms with Crippen LogP contribution in [0.5, 0.6) is 0 Å². The first-order valence-electron chi connectivity index (χ1n) is 4.67. The summed E-state index contributed by atoms with van der Waals surface area (Å²) >= 11 is 0. The third kappa shape index (κ3) is 1.77. The van der Waals surface area contributed by atoms with Crippen molar-refractivity contribution in [2.24, 2.45) is 0 Å². The molecule has 1 fully saturated rings. The van der Waals surface area contributed by atoms with E-state index in [4.69, 9.17) is 5.11 Å². The van der Waals surface area contributed by atoms with Gasteiger partial charge in [-0.1, -0.05) is 11.6 Å². The fraction of sp³-hybridized carbons (Fsp3) is 0.556. The molecule has 0 spiro atoms. The lowest BCUT2D eigenvalue weighted by Crippen LogP contribution is -2.34. The Kier molecular flexibility index (Phi) is 2.49. The van der Waals surface area contributed by atoms with E-state index in [-0.39, 0.29) is 5.76 Å². The highest BCUT2D eigenvalue weighted by molar-refractivity contribution is 5.85. The quantitative estimate of drug-likeness (QED) is 0.751. The number of carbonyl (C=O) groups is 1. The van der Waals surface area contributed by atoms with Crippen molar-refractivity contribution in [3.05, 3.63) is 17.5 Å². The molecule has 14 heavy (non-hydrogen) atoms. The van der Waals surface area contributed by atoms with Gasteiger partial charge in [0, 0.05) is 18.2 Å². The minimum absolute atomic E-state index is 0.0585. The fourth-order valence-corrected chi connectivity index (χ4v) is 1.43. The van der Waals surface area contributed by atoms with E-state index in [0.717, 1.165) is 0 Å². The Morgan fingerprint density at radius 2 is 2.50 bits per heavy atom. The normalized spacial score (nSPS) is 16.6. The molecule has 1 aromatic heterocycles. The summed E-state index contributed by atoms with van der Waals surface area (Å²) in [5.74, 6) is -1.12. The average Bonchev–Trinajstić information content (AvgIpc) is 2.49. The second-order valence-corrected chi connectivity index (χ2v) is 3.49. The number of aromatic nitrogens is 1. The molecular formula is C9H12N2O3. The molecule has 0 atom stereocenters. The summed E-state index contributed by atoms with van der Waals surface area (Å²) in [7, 11) is 0. The van der Waals surface area contributed by atoms with Crippen molar-refractivity contribution in [1.82, 2.24) is 10.5 Å². The fourth-order valence-electron chi connectivity index (χ4n) is 1.43. The minimum Gasteiger partial charge on any atom is -0.475 e. The van der Waals surface area contributed by atoms with Crippen molar-refractivity contribution in [2.45, 2.75) is 31.8 Å². The SMILES string of the molecule is O=C(O)c1oncc1CNC1CCC1. The third-order valence-corrected chi connectivity index (χ3v) is 2.52. The number of hydrogen-bond acceptors (Lipinski definition) is 4. The summed E-state index contributed by atoms with van der Waals surface area (Å²) in [6.45, 7) is 0.524. The van der Waals surface area contributed by atoms with Gasteiger partial charge in [-0.15, -0.1) is 0 Å². The number of nitrogens with zero attached hydrogens (tertiary/aromatic N) is 1. The molecule has 76 valence electrons. The molecule has 0 saturated heterocycles. The topological polar surface area (TPSA) is 75.4 Å². The predicted molar refractivity (Wildman–Crippen MR) is 47.9 cm³/mol. The van der Waals surface area contributed by atoms with E-state index < -0.39 is 5.97 Å². The van der Waals surface area contributed by atoms with Gasteiger partial charge in [-0.3, -0.25) is 0 Å². The minimum atomic E-state index is -1.06. The number of hydrogen-bond donors (Lipinski definition) is 2. The molecule has 2 N–H and O–H groups in total. The number of aromatic carboxylic acids is 1. The average molecular weight is 196 g/mol. The molecule has 0 aliphatic heterocycles. The van der Waals surface area contributed by atoms with E-state index in [2.05, 4.69) is 15.0 Å². The first kappa shape index (κ1) is 9.21. The van der Waals surface area contributed by atoms with E-state index in [1.54, 1.807) is 0 Å². The van der Waals surface area contributed by atoms with Gasteiger partial charge in [-0.25, -0.2) is 4.79 Å². The van der Waals surface area contributed by atoms with E-state index in [9.17, 15) is 4.79 Å². The molecule has 1 aliphatic carbocycles. The summed E-state index contributed by atoms with van der Waals surface area (Å²) < 4.78 is 4.62. The van der Waals surface area contributed by atoms with Gasteiger partial charge in [0.1, 0.15) is 0 Å². The Morgan fingerprint density at radius 1 is 1.71 bits per heavy atom. The van der Waals surface area contributed by atoms with Gasteiger partial charge in [0.2, 0.25) is 5.76 Å². The molecule has 0 unspecified atom stereocenters. The van der Waals surface area contributed by atoms with Gasteiger partial charge in [0.15, 0.2) is 0 Å². The monoisotopic (exact) mass is 196 g/mol. The highest BCUT2D eigenvalue weighted by Crippen LogP contribution is 2.19. The Hall–Kier alpha value is -1.36. The van der Waals surface area contributed by atoms with E-state index >= 15 is 0 Å². The van der Waals surface area contributed by atoms with Gasteiger partial charge < -0.3 is 14.9 Å². The van der Waals surface area contributed by atoms with Crippen LogP contribution in [-0.2, 0) is 6.54 Å². The number of rotatable bonds is 4. The van der Waals surface area contributed by atoms with Gasteiger partial charge in [-0.05, 0) is 12.8 Å². The van der Waals surface area contributed by atoms with Gasteiger partial charge >= 0.3 is 5.97 Å². The molecule has 0 radical (unpaired) electrons. The molecule has 5 heteroatoms. The molecule has 5 nitrogen and oxygen atoms in total.